The lowest BCUT2D eigenvalue weighted by Gasteiger charge is -2.47. The van der Waals surface area contributed by atoms with Crippen molar-refractivity contribution in [2.45, 2.75) is 56.9 Å². The number of para-hydroxylation sites is 1. The van der Waals surface area contributed by atoms with Crippen LogP contribution in [0.5, 0.6) is 0 Å². The van der Waals surface area contributed by atoms with Crippen LogP contribution in [-0.4, -0.2) is 18.6 Å². The number of hydrogen-bond acceptors (Lipinski definition) is 2. The Morgan fingerprint density at radius 3 is 2.47 bits per heavy atom. The Bertz CT molecular complexity index is 419. The summed E-state index contributed by atoms with van der Waals surface area (Å²) in [6.45, 7) is 2.00. The molecule has 1 aliphatic heterocycles. The Morgan fingerprint density at radius 2 is 1.74 bits per heavy atom. The van der Waals surface area contributed by atoms with E-state index in [1.54, 1.807) is 0 Å². The number of aryl methyl sites for hydroxylation is 1. The van der Waals surface area contributed by atoms with Crippen LogP contribution in [0.4, 0.5) is 5.69 Å². The van der Waals surface area contributed by atoms with E-state index in [0.717, 1.165) is 6.54 Å². The number of fused-ring (bicyclic) bond motifs is 1. The maximum atomic E-state index is 6.25. The minimum atomic E-state index is 0.229. The van der Waals surface area contributed by atoms with Gasteiger partial charge in [0.2, 0.25) is 0 Å². The molecule has 0 amide bonds. The number of hydrogen-bond donors (Lipinski definition) is 1. The molecule has 1 aliphatic carbocycles. The van der Waals surface area contributed by atoms with Crippen molar-refractivity contribution in [3.8, 4) is 0 Å². The Kier molecular flexibility index (Phi) is 3.79. The normalized spacial score (nSPS) is 22.7. The van der Waals surface area contributed by atoms with Crippen LogP contribution in [0, 0.1) is 0 Å². The molecule has 0 bridgehead atoms. The van der Waals surface area contributed by atoms with Crippen molar-refractivity contribution in [1.29, 1.82) is 0 Å². The van der Waals surface area contributed by atoms with Crippen molar-refractivity contribution in [2.24, 2.45) is 5.73 Å². The molecule has 1 heterocycles. The molecule has 1 aromatic rings. The van der Waals surface area contributed by atoms with Crippen molar-refractivity contribution >= 4 is 5.69 Å². The molecular formula is C17H26N2. The fourth-order valence-electron chi connectivity index (χ4n) is 4.00. The fourth-order valence-corrected chi connectivity index (χ4v) is 4.00. The van der Waals surface area contributed by atoms with Crippen LogP contribution in [-0.2, 0) is 6.42 Å². The minimum Gasteiger partial charge on any atom is -0.364 e. The van der Waals surface area contributed by atoms with Crippen LogP contribution >= 0.6 is 0 Å². The molecule has 2 heteroatoms. The molecule has 0 aromatic heterocycles. The molecule has 0 spiro atoms. The van der Waals surface area contributed by atoms with E-state index in [9.17, 15) is 0 Å². The van der Waals surface area contributed by atoms with E-state index in [2.05, 4.69) is 29.2 Å². The molecule has 19 heavy (non-hydrogen) atoms. The van der Waals surface area contributed by atoms with Gasteiger partial charge in [0.25, 0.3) is 0 Å². The predicted molar refractivity (Wildman–Crippen MR) is 81.6 cm³/mol. The van der Waals surface area contributed by atoms with E-state index in [1.165, 1.54) is 69.2 Å². The summed E-state index contributed by atoms with van der Waals surface area (Å²) in [5.41, 5.74) is 9.46. The van der Waals surface area contributed by atoms with Crippen LogP contribution in [0.1, 0.15) is 50.5 Å². The molecule has 1 saturated carbocycles. The zero-order valence-corrected chi connectivity index (χ0v) is 11.9. The second-order valence-electron chi connectivity index (χ2n) is 6.23. The average Bonchev–Trinajstić information content (AvgIpc) is 2.73. The number of benzene rings is 1. The maximum absolute atomic E-state index is 6.25. The quantitative estimate of drug-likeness (QED) is 0.823. The van der Waals surface area contributed by atoms with Crippen molar-refractivity contribution in [1.82, 2.24) is 0 Å². The highest BCUT2D eigenvalue weighted by molar-refractivity contribution is 5.57. The third-order valence-corrected chi connectivity index (χ3v) is 5.10. The summed E-state index contributed by atoms with van der Waals surface area (Å²) >= 11 is 0. The van der Waals surface area contributed by atoms with Gasteiger partial charge in [-0.2, -0.15) is 0 Å². The number of rotatable bonds is 2. The zero-order valence-electron chi connectivity index (χ0n) is 11.9. The Labute approximate surface area is 117 Å². The second kappa shape index (κ2) is 5.54. The molecule has 3 rings (SSSR count). The summed E-state index contributed by atoms with van der Waals surface area (Å²) in [6, 6.07) is 8.95. The molecule has 2 nitrogen and oxygen atoms in total. The van der Waals surface area contributed by atoms with Gasteiger partial charge in [-0.15, -0.1) is 0 Å². The maximum Gasteiger partial charge on any atom is 0.0524 e. The van der Waals surface area contributed by atoms with Crippen molar-refractivity contribution in [3.63, 3.8) is 0 Å². The molecule has 2 aliphatic rings. The highest BCUT2D eigenvalue weighted by Gasteiger charge is 2.37. The second-order valence-corrected chi connectivity index (χ2v) is 6.23. The number of anilines is 1. The molecule has 0 unspecified atom stereocenters. The summed E-state index contributed by atoms with van der Waals surface area (Å²) < 4.78 is 0. The first-order valence-corrected chi connectivity index (χ1v) is 7.91. The first kappa shape index (κ1) is 13.0. The van der Waals surface area contributed by atoms with Gasteiger partial charge >= 0.3 is 0 Å². The summed E-state index contributed by atoms with van der Waals surface area (Å²) in [5, 5.41) is 0. The lowest BCUT2D eigenvalue weighted by molar-refractivity contribution is 0.339. The Balaban J connectivity index is 1.95. The number of nitrogens with zero attached hydrogens (tertiary/aromatic N) is 1. The highest BCUT2D eigenvalue weighted by Crippen LogP contribution is 2.39. The van der Waals surface area contributed by atoms with Gasteiger partial charge < -0.3 is 10.6 Å². The molecule has 0 atom stereocenters. The van der Waals surface area contributed by atoms with Gasteiger partial charge in [0, 0.05) is 18.8 Å². The molecular weight excluding hydrogens is 232 g/mol. The summed E-state index contributed by atoms with van der Waals surface area (Å²) in [4.78, 5) is 2.66. The predicted octanol–water partition coefficient (Wildman–Crippen LogP) is 3.49. The molecule has 2 N–H and O–H groups in total. The van der Waals surface area contributed by atoms with Gasteiger partial charge in [-0.3, -0.25) is 0 Å². The summed E-state index contributed by atoms with van der Waals surface area (Å²) in [5.74, 6) is 0. The van der Waals surface area contributed by atoms with E-state index in [0.29, 0.717) is 0 Å². The Morgan fingerprint density at radius 1 is 1.00 bits per heavy atom. The smallest absolute Gasteiger partial charge is 0.0524 e. The van der Waals surface area contributed by atoms with Gasteiger partial charge in [-0.25, -0.2) is 0 Å². The largest absolute Gasteiger partial charge is 0.364 e. The minimum absolute atomic E-state index is 0.229. The van der Waals surface area contributed by atoms with Crippen LogP contribution in [0.2, 0.25) is 0 Å². The van der Waals surface area contributed by atoms with Gasteiger partial charge in [0.15, 0.2) is 0 Å². The molecule has 0 radical (unpaired) electrons. The molecule has 0 saturated heterocycles. The van der Waals surface area contributed by atoms with Crippen LogP contribution in [0.3, 0.4) is 0 Å². The molecule has 1 aromatic carbocycles. The van der Waals surface area contributed by atoms with E-state index in [-0.39, 0.29) is 5.54 Å². The van der Waals surface area contributed by atoms with Crippen LogP contribution in [0.25, 0.3) is 0 Å². The summed E-state index contributed by atoms with van der Waals surface area (Å²) in [6.07, 6.45) is 10.5. The van der Waals surface area contributed by atoms with E-state index >= 15 is 0 Å². The molecule has 1 fully saturated rings. The van der Waals surface area contributed by atoms with E-state index in [1.807, 2.05) is 0 Å². The lowest BCUT2D eigenvalue weighted by atomic mass is 9.85. The third kappa shape index (κ3) is 2.38. The average molecular weight is 258 g/mol. The van der Waals surface area contributed by atoms with Gasteiger partial charge in [-0.1, -0.05) is 43.9 Å². The topological polar surface area (TPSA) is 29.3 Å². The molecule has 104 valence electrons. The van der Waals surface area contributed by atoms with Crippen molar-refractivity contribution in [2.75, 3.05) is 18.0 Å². The number of nitrogens with two attached hydrogens (primary N) is 1. The Hall–Kier alpha value is -1.02. The highest BCUT2D eigenvalue weighted by atomic mass is 15.2. The summed E-state index contributed by atoms with van der Waals surface area (Å²) in [7, 11) is 0. The lowest BCUT2D eigenvalue weighted by Crippen LogP contribution is -2.55. The fraction of sp³-hybridized carbons (Fsp3) is 0.647. The van der Waals surface area contributed by atoms with E-state index in [4.69, 9.17) is 5.73 Å². The monoisotopic (exact) mass is 258 g/mol. The van der Waals surface area contributed by atoms with Crippen LogP contribution < -0.4 is 10.6 Å². The van der Waals surface area contributed by atoms with Crippen molar-refractivity contribution in [3.05, 3.63) is 29.8 Å². The van der Waals surface area contributed by atoms with Gasteiger partial charge in [0.05, 0.1) is 5.54 Å². The van der Waals surface area contributed by atoms with Gasteiger partial charge in [0.1, 0.15) is 0 Å². The zero-order chi connectivity index (χ0) is 13.1. The van der Waals surface area contributed by atoms with Gasteiger partial charge in [-0.05, 0) is 37.3 Å². The van der Waals surface area contributed by atoms with E-state index < -0.39 is 0 Å². The third-order valence-electron chi connectivity index (χ3n) is 5.10. The SMILES string of the molecule is NCC1(N2CCCc3ccccc32)CCCCCC1. The van der Waals surface area contributed by atoms with Crippen molar-refractivity contribution < 1.29 is 0 Å². The first-order chi connectivity index (χ1) is 9.36. The first-order valence-electron chi connectivity index (χ1n) is 7.91. The van der Waals surface area contributed by atoms with Crippen LogP contribution in [0.15, 0.2) is 24.3 Å². The standard InChI is InChI=1S/C17H26N2/c18-14-17(11-5-1-2-6-12-17)19-13-7-9-15-8-3-4-10-16(15)19/h3-4,8,10H,1-2,5-7,9,11-14,18H2.